The van der Waals surface area contributed by atoms with Gasteiger partial charge in [-0.3, -0.25) is 9.59 Å². The molecule has 162 valence electrons. The van der Waals surface area contributed by atoms with E-state index in [1.165, 1.54) is 6.08 Å². The molecule has 1 spiro atoms. The average molecular weight is 436 g/mol. The zero-order valence-corrected chi connectivity index (χ0v) is 17.4. The van der Waals surface area contributed by atoms with Crippen molar-refractivity contribution in [2.24, 2.45) is 5.92 Å². The van der Waals surface area contributed by atoms with Gasteiger partial charge in [-0.1, -0.05) is 11.6 Å². The number of ketones is 1. The molecule has 0 saturated carbocycles. The first-order valence-electron chi connectivity index (χ1n) is 10.1. The van der Waals surface area contributed by atoms with Crippen molar-refractivity contribution in [1.29, 1.82) is 0 Å². The molecule has 3 fully saturated rings. The normalized spacial score (nSPS) is 22.7. The Morgan fingerprint density at radius 3 is 2.57 bits per heavy atom. The fourth-order valence-electron chi connectivity index (χ4n) is 4.21. The third-order valence-electron chi connectivity index (χ3n) is 6.03. The van der Waals surface area contributed by atoms with E-state index in [1.54, 1.807) is 0 Å². The molecule has 3 aliphatic rings. The molecule has 0 bridgehead atoms. The van der Waals surface area contributed by atoms with Gasteiger partial charge in [-0.25, -0.2) is 9.97 Å². The van der Waals surface area contributed by atoms with E-state index < -0.39 is 5.78 Å². The third-order valence-corrected chi connectivity index (χ3v) is 6.31. The molecule has 11 heteroatoms. The molecule has 3 aliphatic heterocycles. The lowest BCUT2D eigenvalue weighted by Gasteiger charge is -2.40. The average Bonchev–Trinajstić information content (AvgIpc) is 3.13. The Labute approximate surface area is 179 Å². The van der Waals surface area contributed by atoms with E-state index in [1.807, 2.05) is 4.90 Å². The Balaban J connectivity index is 1.37. The number of carbonyl (C=O) groups is 2. The van der Waals surface area contributed by atoms with Gasteiger partial charge in [0, 0.05) is 44.8 Å². The van der Waals surface area contributed by atoms with Gasteiger partial charge in [0.15, 0.2) is 22.5 Å². The van der Waals surface area contributed by atoms with E-state index in [2.05, 4.69) is 20.6 Å². The highest BCUT2D eigenvalue weighted by Gasteiger charge is 2.41. The highest BCUT2D eigenvalue weighted by Crippen LogP contribution is 2.29. The first kappa shape index (κ1) is 20.7. The molecule has 3 saturated heterocycles. The van der Waals surface area contributed by atoms with Gasteiger partial charge >= 0.3 is 0 Å². The number of likely N-dealkylation sites (tertiary alicyclic amines) is 1. The lowest BCUT2D eigenvalue weighted by atomic mass is 9.87. The summed E-state index contributed by atoms with van der Waals surface area (Å²) in [6.45, 7) is 3.39. The number of piperidine rings is 1. The number of nitrogens with two attached hydrogens (primary N) is 2. The maximum absolute atomic E-state index is 12.7. The smallest absolute Gasteiger partial charge is 0.225 e. The van der Waals surface area contributed by atoms with Crippen molar-refractivity contribution < 1.29 is 14.3 Å². The minimum absolute atomic E-state index is 0.0171. The summed E-state index contributed by atoms with van der Waals surface area (Å²) >= 11 is 5.86. The van der Waals surface area contributed by atoms with Crippen LogP contribution in [0.5, 0.6) is 0 Å². The summed E-state index contributed by atoms with van der Waals surface area (Å²) in [6.07, 6.45) is 4.61. The van der Waals surface area contributed by atoms with Crippen LogP contribution in [-0.2, 0) is 9.53 Å². The van der Waals surface area contributed by atoms with Crippen molar-refractivity contribution >= 4 is 34.9 Å². The number of hydrogen-bond acceptors (Lipinski definition) is 9. The van der Waals surface area contributed by atoms with Gasteiger partial charge in [-0.15, -0.1) is 0 Å². The van der Waals surface area contributed by atoms with Gasteiger partial charge < -0.3 is 31.7 Å². The second-order valence-corrected chi connectivity index (χ2v) is 8.38. The number of amides is 1. The molecular formula is C19H26ClN7O3. The summed E-state index contributed by atoms with van der Waals surface area (Å²) in [5.74, 6) is 0.412. The minimum Gasteiger partial charge on any atom is -0.382 e. The molecule has 1 aromatic rings. The van der Waals surface area contributed by atoms with E-state index in [4.69, 9.17) is 27.8 Å². The summed E-state index contributed by atoms with van der Waals surface area (Å²) < 4.78 is 5.36. The van der Waals surface area contributed by atoms with E-state index >= 15 is 0 Å². The largest absolute Gasteiger partial charge is 0.382 e. The molecule has 4 rings (SSSR count). The lowest BCUT2D eigenvalue weighted by Crippen LogP contribution is -2.54. The van der Waals surface area contributed by atoms with Crippen LogP contribution in [-0.4, -0.2) is 64.9 Å². The number of allylic oxidation sites excluding steroid dienone is 1. The van der Waals surface area contributed by atoms with Crippen molar-refractivity contribution in [3.05, 3.63) is 22.7 Å². The number of nitrogen functional groups attached to an aromatic ring is 2. The zero-order chi connectivity index (χ0) is 21.3. The number of anilines is 2. The Bertz CT molecular complexity index is 877. The summed E-state index contributed by atoms with van der Waals surface area (Å²) in [5.41, 5.74) is 11.1. The van der Waals surface area contributed by atoms with Crippen molar-refractivity contribution in [2.75, 3.05) is 44.3 Å². The van der Waals surface area contributed by atoms with Gasteiger partial charge in [-0.05, 0) is 25.7 Å². The van der Waals surface area contributed by atoms with Gasteiger partial charge in [0.25, 0.3) is 0 Å². The quantitative estimate of drug-likeness (QED) is 0.388. The SMILES string of the molecule is Nc1nc(N)c(C(=O)/C=C2\NCC3(CCN(C(=O)C4CCOCC4)CC3)N2)nc1Cl. The summed E-state index contributed by atoms with van der Waals surface area (Å²) in [5, 5.41) is 6.59. The standard InChI is InChI=1S/C19H26ClN7O3/c20-15-17(22)25-16(21)14(24-15)12(28)9-13-23-10-19(26-13)3-5-27(6-4-19)18(29)11-1-7-30-8-2-11/h9,11,23,26H,1-8,10H2,(H4,21,22,25)/b13-9+. The van der Waals surface area contributed by atoms with Crippen molar-refractivity contribution in [1.82, 2.24) is 25.5 Å². The summed E-state index contributed by atoms with van der Waals surface area (Å²) in [4.78, 5) is 35.1. The molecular weight excluding hydrogens is 410 g/mol. The Morgan fingerprint density at radius 2 is 1.87 bits per heavy atom. The van der Waals surface area contributed by atoms with E-state index in [-0.39, 0.29) is 39.8 Å². The molecule has 0 unspecified atom stereocenters. The zero-order valence-electron chi connectivity index (χ0n) is 16.6. The lowest BCUT2D eigenvalue weighted by molar-refractivity contribution is -0.140. The molecule has 4 heterocycles. The van der Waals surface area contributed by atoms with E-state index in [0.717, 1.165) is 25.7 Å². The van der Waals surface area contributed by atoms with Crippen LogP contribution in [0.15, 0.2) is 11.9 Å². The van der Waals surface area contributed by atoms with Crippen LogP contribution in [0.3, 0.4) is 0 Å². The molecule has 1 aromatic heterocycles. The Morgan fingerprint density at radius 1 is 1.17 bits per heavy atom. The van der Waals surface area contributed by atoms with Crippen molar-refractivity contribution in [2.45, 2.75) is 31.2 Å². The molecule has 1 amide bonds. The van der Waals surface area contributed by atoms with Crippen LogP contribution < -0.4 is 22.1 Å². The third kappa shape index (κ3) is 4.15. The fourth-order valence-corrected chi connectivity index (χ4v) is 4.33. The van der Waals surface area contributed by atoms with Gasteiger partial charge in [0.05, 0.1) is 5.54 Å². The van der Waals surface area contributed by atoms with E-state index in [0.29, 0.717) is 38.7 Å². The number of ether oxygens (including phenoxy) is 1. The predicted molar refractivity (Wildman–Crippen MR) is 112 cm³/mol. The van der Waals surface area contributed by atoms with Gasteiger partial charge in [0.1, 0.15) is 5.82 Å². The molecule has 0 aromatic carbocycles. The number of nitrogens with one attached hydrogen (secondary N) is 2. The van der Waals surface area contributed by atoms with Crippen molar-refractivity contribution in [3.63, 3.8) is 0 Å². The second kappa shape index (κ2) is 8.27. The number of hydrogen-bond donors (Lipinski definition) is 4. The van der Waals surface area contributed by atoms with Gasteiger partial charge in [-0.2, -0.15) is 0 Å². The second-order valence-electron chi connectivity index (χ2n) is 8.03. The highest BCUT2D eigenvalue weighted by atomic mass is 35.5. The highest BCUT2D eigenvalue weighted by molar-refractivity contribution is 6.31. The molecule has 30 heavy (non-hydrogen) atoms. The van der Waals surface area contributed by atoms with Gasteiger partial charge in [0.2, 0.25) is 11.7 Å². The van der Waals surface area contributed by atoms with Crippen molar-refractivity contribution in [3.8, 4) is 0 Å². The summed E-state index contributed by atoms with van der Waals surface area (Å²) in [6, 6.07) is 0. The molecule has 6 N–H and O–H groups in total. The number of rotatable bonds is 3. The first-order chi connectivity index (χ1) is 14.4. The monoisotopic (exact) mass is 435 g/mol. The molecule has 10 nitrogen and oxygen atoms in total. The maximum Gasteiger partial charge on any atom is 0.225 e. The predicted octanol–water partition coefficient (Wildman–Crippen LogP) is 0.299. The summed E-state index contributed by atoms with van der Waals surface area (Å²) in [7, 11) is 0. The molecule has 0 radical (unpaired) electrons. The topological polar surface area (TPSA) is 148 Å². The number of aromatic nitrogens is 2. The van der Waals surface area contributed by atoms with Crippen LogP contribution in [0.2, 0.25) is 5.15 Å². The minimum atomic E-state index is -0.416. The number of nitrogens with zero attached hydrogens (tertiary/aromatic N) is 3. The number of halogens is 1. The van der Waals surface area contributed by atoms with Crippen LogP contribution in [0.4, 0.5) is 11.6 Å². The number of carbonyl (C=O) groups excluding carboxylic acids is 2. The van der Waals surface area contributed by atoms with Crippen LogP contribution in [0.1, 0.15) is 36.2 Å². The fraction of sp³-hybridized carbons (Fsp3) is 0.579. The molecule has 0 aliphatic carbocycles. The first-order valence-corrected chi connectivity index (χ1v) is 10.5. The van der Waals surface area contributed by atoms with Crippen LogP contribution >= 0.6 is 11.6 Å². The Hall–Kier alpha value is -2.59. The van der Waals surface area contributed by atoms with Crippen LogP contribution in [0, 0.1) is 5.92 Å². The van der Waals surface area contributed by atoms with E-state index in [9.17, 15) is 9.59 Å². The molecule has 0 atom stereocenters. The maximum atomic E-state index is 12.7. The Kier molecular flexibility index (Phi) is 5.70. The van der Waals surface area contributed by atoms with Crippen LogP contribution in [0.25, 0.3) is 0 Å².